The zero-order valence-electron chi connectivity index (χ0n) is 14.6. The van der Waals surface area contributed by atoms with Gasteiger partial charge >= 0.3 is 0 Å². The van der Waals surface area contributed by atoms with Crippen molar-refractivity contribution in [3.05, 3.63) is 29.8 Å². The van der Waals surface area contributed by atoms with Gasteiger partial charge in [-0.3, -0.25) is 9.59 Å². The number of carbonyl (C=O) groups excluding carboxylic acids is 2. The van der Waals surface area contributed by atoms with Crippen molar-refractivity contribution in [3.8, 4) is 0 Å². The molecule has 1 atom stereocenters. The van der Waals surface area contributed by atoms with E-state index in [0.717, 1.165) is 5.56 Å². The Bertz CT molecular complexity index is 595. The minimum atomic E-state index is -0.226. The Balaban J connectivity index is 2.01. The molecular weight excluding hydrogens is 308 g/mol. The van der Waals surface area contributed by atoms with Gasteiger partial charge in [0.2, 0.25) is 11.8 Å². The molecule has 0 saturated carbocycles. The summed E-state index contributed by atoms with van der Waals surface area (Å²) < 4.78 is 0. The summed E-state index contributed by atoms with van der Waals surface area (Å²) in [6.45, 7) is 7.13. The van der Waals surface area contributed by atoms with E-state index in [9.17, 15) is 9.59 Å². The average Bonchev–Trinajstić information content (AvgIpc) is 2.88. The highest BCUT2D eigenvalue weighted by molar-refractivity contribution is 7.98. The third kappa shape index (κ3) is 4.28. The number of rotatable bonds is 4. The predicted molar refractivity (Wildman–Crippen MR) is 94.3 cm³/mol. The monoisotopic (exact) mass is 334 g/mol. The molecule has 5 heteroatoms. The Kier molecular flexibility index (Phi) is 5.40. The largest absolute Gasteiger partial charge is 0.341 e. The van der Waals surface area contributed by atoms with E-state index in [0.29, 0.717) is 19.5 Å². The lowest BCUT2D eigenvalue weighted by Gasteiger charge is -2.32. The molecule has 0 bridgehead atoms. The van der Waals surface area contributed by atoms with Crippen molar-refractivity contribution >= 4 is 23.6 Å². The third-order valence-corrected chi connectivity index (χ3v) is 4.94. The van der Waals surface area contributed by atoms with Crippen LogP contribution >= 0.6 is 11.8 Å². The molecule has 0 unspecified atom stereocenters. The molecule has 1 aromatic rings. The van der Waals surface area contributed by atoms with E-state index in [2.05, 4.69) is 12.1 Å². The summed E-state index contributed by atoms with van der Waals surface area (Å²) in [5, 5.41) is 0. The standard InChI is InChI=1S/C18H26N2O2S/c1-18(2,3)20-12-14(10-16(20)21)17(22)19(4)11-13-7-6-8-15(9-13)23-5/h6-9,14H,10-12H2,1-5H3/t14-/m0/s1. The Morgan fingerprint density at radius 2 is 2.09 bits per heavy atom. The van der Waals surface area contributed by atoms with Gasteiger partial charge in [-0.2, -0.15) is 0 Å². The van der Waals surface area contributed by atoms with Crippen LogP contribution in [0.5, 0.6) is 0 Å². The smallest absolute Gasteiger partial charge is 0.228 e. The van der Waals surface area contributed by atoms with Crippen molar-refractivity contribution in [1.29, 1.82) is 0 Å². The number of thioether (sulfide) groups is 1. The maximum absolute atomic E-state index is 12.7. The zero-order valence-corrected chi connectivity index (χ0v) is 15.4. The van der Waals surface area contributed by atoms with Crippen molar-refractivity contribution in [2.45, 2.75) is 44.2 Å². The summed E-state index contributed by atoms with van der Waals surface area (Å²) in [6, 6.07) is 8.22. The van der Waals surface area contributed by atoms with Crippen molar-refractivity contribution in [3.63, 3.8) is 0 Å². The molecule has 23 heavy (non-hydrogen) atoms. The van der Waals surface area contributed by atoms with Crippen molar-refractivity contribution in [2.75, 3.05) is 19.8 Å². The van der Waals surface area contributed by atoms with Crippen LogP contribution in [0.2, 0.25) is 0 Å². The summed E-state index contributed by atoms with van der Waals surface area (Å²) in [6.07, 6.45) is 2.37. The molecule has 0 spiro atoms. The van der Waals surface area contributed by atoms with E-state index in [1.807, 2.05) is 51.1 Å². The first-order valence-corrected chi connectivity index (χ1v) is 9.13. The van der Waals surface area contributed by atoms with Crippen molar-refractivity contribution < 1.29 is 9.59 Å². The number of hydrogen-bond acceptors (Lipinski definition) is 3. The Hall–Kier alpha value is -1.49. The molecule has 4 nitrogen and oxygen atoms in total. The van der Waals surface area contributed by atoms with Gasteiger partial charge < -0.3 is 9.80 Å². The molecule has 1 aromatic carbocycles. The fourth-order valence-corrected chi connectivity index (χ4v) is 3.44. The highest BCUT2D eigenvalue weighted by atomic mass is 32.2. The van der Waals surface area contributed by atoms with Crippen LogP contribution in [0, 0.1) is 5.92 Å². The molecule has 0 radical (unpaired) electrons. The summed E-state index contributed by atoms with van der Waals surface area (Å²) in [5.74, 6) is -0.0938. The maximum Gasteiger partial charge on any atom is 0.228 e. The van der Waals surface area contributed by atoms with Gasteiger partial charge in [0.15, 0.2) is 0 Å². The van der Waals surface area contributed by atoms with Gasteiger partial charge in [-0.15, -0.1) is 11.8 Å². The lowest BCUT2D eigenvalue weighted by molar-refractivity contribution is -0.135. The van der Waals surface area contributed by atoms with Crippen LogP contribution in [-0.4, -0.2) is 47.0 Å². The first kappa shape index (κ1) is 17.9. The zero-order chi connectivity index (χ0) is 17.2. The number of hydrogen-bond donors (Lipinski definition) is 0. The molecule has 0 aromatic heterocycles. The maximum atomic E-state index is 12.7. The van der Waals surface area contributed by atoms with Gasteiger partial charge in [-0.25, -0.2) is 0 Å². The molecule has 2 rings (SSSR count). The average molecular weight is 334 g/mol. The fraction of sp³-hybridized carbons (Fsp3) is 0.556. The highest BCUT2D eigenvalue weighted by Crippen LogP contribution is 2.27. The fourth-order valence-electron chi connectivity index (χ4n) is 2.96. The Labute approximate surface area is 143 Å². The van der Waals surface area contributed by atoms with E-state index < -0.39 is 0 Å². The second kappa shape index (κ2) is 6.95. The summed E-state index contributed by atoms with van der Waals surface area (Å²) in [5.41, 5.74) is 0.891. The van der Waals surface area contributed by atoms with E-state index in [1.54, 1.807) is 16.7 Å². The van der Waals surface area contributed by atoms with Gasteiger partial charge in [0.05, 0.1) is 5.92 Å². The number of carbonyl (C=O) groups is 2. The second-order valence-electron chi connectivity index (χ2n) is 7.12. The van der Waals surface area contributed by atoms with Crippen LogP contribution in [0.1, 0.15) is 32.8 Å². The Morgan fingerprint density at radius 1 is 1.39 bits per heavy atom. The Morgan fingerprint density at radius 3 is 2.65 bits per heavy atom. The molecule has 1 fully saturated rings. The van der Waals surface area contributed by atoms with Crippen LogP contribution < -0.4 is 0 Å². The molecule has 0 aliphatic carbocycles. The van der Waals surface area contributed by atoms with E-state index in [4.69, 9.17) is 0 Å². The van der Waals surface area contributed by atoms with E-state index >= 15 is 0 Å². The van der Waals surface area contributed by atoms with Gasteiger partial charge in [-0.1, -0.05) is 12.1 Å². The number of amides is 2. The number of likely N-dealkylation sites (tertiary alicyclic amines) is 1. The van der Waals surface area contributed by atoms with Gasteiger partial charge in [0.1, 0.15) is 0 Å². The number of nitrogens with zero attached hydrogens (tertiary/aromatic N) is 2. The molecule has 1 aliphatic heterocycles. The van der Waals surface area contributed by atoms with Crippen LogP contribution in [0.3, 0.4) is 0 Å². The predicted octanol–water partition coefficient (Wildman–Crippen LogP) is 3.01. The van der Waals surface area contributed by atoms with Gasteiger partial charge in [-0.05, 0) is 44.7 Å². The van der Waals surface area contributed by atoms with Crippen LogP contribution in [0.25, 0.3) is 0 Å². The minimum absolute atomic E-state index is 0.0552. The van der Waals surface area contributed by atoms with Crippen molar-refractivity contribution in [1.82, 2.24) is 9.80 Å². The molecule has 2 amide bonds. The number of benzene rings is 1. The molecule has 0 N–H and O–H groups in total. The quantitative estimate of drug-likeness (QED) is 0.795. The van der Waals surface area contributed by atoms with Crippen LogP contribution in [0.4, 0.5) is 0 Å². The molecule has 126 valence electrons. The molecule has 1 saturated heterocycles. The minimum Gasteiger partial charge on any atom is -0.341 e. The van der Waals surface area contributed by atoms with Gasteiger partial charge in [0.25, 0.3) is 0 Å². The first-order valence-electron chi connectivity index (χ1n) is 7.90. The summed E-state index contributed by atoms with van der Waals surface area (Å²) in [4.78, 5) is 29.6. The highest BCUT2D eigenvalue weighted by Gasteiger charge is 2.40. The van der Waals surface area contributed by atoms with Crippen LogP contribution in [-0.2, 0) is 16.1 Å². The van der Waals surface area contributed by atoms with E-state index in [1.165, 1.54) is 4.90 Å². The SMILES string of the molecule is CSc1cccc(CN(C)C(=O)[C@H]2CC(=O)N(C(C)(C)C)C2)c1. The van der Waals surface area contributed by atoms with Crippen LogP contribution in [0.15, 0.2) is 29.2 Å². The second-order valence-corrected chi connectivity index (χ2v) is 8.00. The molecule has 1 aliphatic rings. The summed E-state index contributed by atoms with van der Waals surface area (Å²) >= 11 is 1.69. The lowest BCUT2D eigenvalue weighted by atomic mass is 10.1. The first-order chi connectivity index (χ1) is 10.7. The van der Waals surface area contributed by atoms with E-state index in [-0.39, 0.29) is 23.3 Å². The van der Waals surface area contributed by atoms with Crippen molar-refractivity contribution in [2.24, 2.45) is 5.92 Å². The normalized spacial score (nSPS) is 18.4. The molecule has 1 heterocycles. The lowest BCUT2D eigenvalue weighted by Crippen LogP contribution is -2.43. The third-order valence-electron chi connectivity index (χ3n) is 4.21. The van der Waals surface area contributed by atoms with Gasteiger partial charge in [0, 0.05) is 37.0 Å². The topological polar surface area (TPSA) is 40.6 Å². The summed E-state index contributed by atoms with van der Waals surface area (Å²) in [7, 11) is 1.82. The molecular formula is C18H26N2O2S.